The summed E-state index contributed by atoms with van der Waals surface area (Å²) in [5, 5.41) is 11.7. The van der Waals surface area contributed by atoms with Gasteiger partial charge in [0.25, 0.3) is 11.8 Å². The molecule has 2 aromatic heterocycles. The maximum Gasteiger partial charge on any atom is 0.255 e. The maximum atomic E-state index is 12.9. The zero-order chi connectivity index (χ0) is 24.5. The Hall–Kier alpha value is -3.92. The number of hydrogen-bond donors (Lipinski definition) is 1. The van der Waals surface area contributed by atoms with E-state index >= 15 is 0 Å². The highest BCUT2D eigenvalue weighted by molar-refractivity contribution is 6.05. The molecule has 9 nitrogen and oxygen atoms in total. The minimum atomic E-state index is -0.738. The first-order valence-corrected chi connectivity index (χ1v) is 11.5. The second kappa shape index (κ2) is 9.38. The summed E-state index contributed by atoms with van der Waals surface area (Å²) in [6.07, 6.45) is 1.41. The first-order valence-electron chi connectivity index (χ1n) is 11.5. The molecular formula is C25H25FN6O3. The molecule has 0 saturated carbocycles. The van der Waals surface area contributed by atoms with Gasteiger partial charge in [0.05, 0.1) is 30.3 Å². The Morgan fingerprint density at radius 1 is 1.23 bits per heavy atom. The lowest BCUT2D eigenvalue weighted by Gasteiger charge is -2.43. The van der Waals surface area contributed by atoms with Gasteiger partial charge in [-0.2, -0.15) is 0 Å². The van der Waals surface area contributed by atoms with Gasteiger partial charge in [0.2, 0.25) is 0 Å². The Morgan fingerprint density at radius 3 is 2.89 bits per heavy atom. The van der Waals surface area contributed by atoms with Gasteiger partial charge in [-0.05, 0) is 49.7 Å². The van der Waals surface area contributed by atoms with Crippen molar-refractivity contribution < 1.29 is 18.7 Å². The third kappa shape index (κ3) is 4.21. The number of fused-ring (bicyclic) bond motifs is 3. The van der Waals surface area contributed by atoms with Crippen molar-refractivity contribution in [3.8, 4) is 11.3 Å². The number of carbonyl (C=O) groups excluding carboxylic acids is 2. The van der Waals surface area contributed by atoms with E-state index < -0.39 is 6.67 Å². The summed E-state index contributed by atoms with van der Waals surface area (Å²) in [5.41, 5.74) is 4.34. The Bertz CT molecular complexity index is 1300. The van der Waals surface area contributed by atoms with Gasteiger partial charge in [0, 0.05) is 36.1 Å². The number of pyridine rings is 1. The van der Waals surface area contributed by atoms with Crippen LogP contribution in [0, 0.1) is 6.92 Å². The van der Waals surface area contributed by atoms with E-state index in [-0.39, 0.29) is 23.6 Å². The number of aryl methyl sites for hydroxylation is 1. The van der Waals surface area contributed by atoms with Crippen LogP contribution in [-0.4, -0.2) is 59.3 Å². The van der Waals surface area contributed by atoms with E-state index in [1.54, 1.807) is 11.0 Å². The molecule has 2 aliphatic rings. The molecule has 35 heavy (non-hydrogen) atoms. The molecule has 1 fully saturated rings. The summed E-state index contributed by atoms with van der Waals surface area (Å²) in [6, 6.07) is 10.1. The van der Waals surface area contributed by atoms with E-state index in [9.17, 15) is 14.0 Å². The highest BCUT2D eigenvalue weighted by atomic mass is 19.1. The molecular weight excluding hydrogens is 451 g/mol. The average Bonchev–Trinajstić information content (AvgIpc) is 2.90. The Morgan fingerprint density at radius 2 is 2.09 bits per heavy atom. The smallest absolute Gasteiger partial charge is 0.255 e. The van der Waals surface area contributed by atoms with Gasteiger partial charge in [-0.1, -0.05) is 6.07 Å². The van der Waals surface area contributed by atoms with Gasteiger partial charge >= 0.3 is 0 Å². The molecule has 1 saturated heterocycles. The fraction of sp³-hybridized carbons (Fsp3) is 0.320. The van der Waals surface area contributed by atoms with Crippen molar-refractivity contribution >= 4 is 29.0 Å². The number of likely N-dealkylation sites (N-methyl/N-ethyl adjacent to an activating group) is 1. The number of amides is 2. The molecule has 10 heteroatoms. The largest absolute Gasteiger partial charge is 0.377 e. The van der Waals surface area contributed by atoms with E-state index in [1.807, 2.05) is 36.9 Å². The fourth-order valence-corrected chi connectivity index (χ4v) is 4.47. The molecule has 1 N–H and O–H groups in total. The summed E-state index contributed by atoms with van der Waals surface area (Å²) in [5.74, 6) is 0.152. The Balaban J connectivity index is 1.48. The van der Waals surface area contributed by atoms with Crippen molar-refractivity contribution in [1.82, 2.24) is 15.2 Å². The number of nitrogens with one attached hydrogen (secondary N) is 1. The molecule has 2 aliphatic heterocycles. The Labute approximate surface area is 201 Å². The van der Waals surface area contributed by atoms with Gasteiger partial charge in [-0.25, -0.2) is 4.39 Å². The highest BCUT2D eigenvalue weighted by Gasteiger charge is 2.40. The molecule has 0 spiro atoms. The number of alkyl halides is 1. The number of benzene rings is 1. The number of aromatic nitrogens is 3. The zero-order valence-electron chi connectivity index (χ0n) is 19.5. The van der Waals surface area contributed by atoms with Crippen molar-refractivity contribution in [3.63, 3.8) is 0 Å². The van der Waals surface area contributed by atoms with E-state index in [0.717, 1.165) is 16.8 Å². The van der Waals surface area contributed by atoms with Crippen molar-refractivity contribution in [1.29, 1.82) is 0 Å². The van der Waals surface area contributed by atoms with E-state index in [1.165, 1.54) is 18.3 Å². The van der Waals surface area contributed by atoms with E-state index in [4.69, 9.17) is 4.74 Å². The monoisotopic (exact) mass is 476 g/mol. The highest BCUT2D eigenvalue weighted by Crippen LogP contribution is 2.38. The topological polar surface area (TPSA) is 101 Å². The zero-order valence-corrected chi connectivity index (χ0v) is 19.5. The van der Waals surface area contributed by atoms with Crippen LogP contribution in [0.4, 0.5) is 21.6 Å². The molecule has 0 aliphatic carbocycles. The SMILES string of the molecule is CCN1C(=O)[C@@H]2COCCN2c2cc(-c3cc(NC(=O)c4ccnc(CF)c4)ccc3C)nnc21. The molecule has 0 radical (unpaired) electrons. The van der Waals surface area contributed by atoms with Crippen LogP contribution >= 0.6 is 0 Å². The third-order valence-electron chi connectivity index (χ3n) is 6.30. The molecule has 1 atom stereocenters. The fourth-order valence-electron chi connectivity index (χ4n) is 4.47. The summed E-state index contributed by atoms with van der Waals surface area (Å²) in [6.45, 7) is 5.08. The second-order valence-electron chi connectivity index (χ2n) is 8.46. The number of carbonyl (C=O) groups is 2. The summed E-state index contributed by atoms with van der Waals surface area (Å²) in [4.78, 5) is 33.2. The molecule has 5 rings (SSSR count). The van der Waals surface area contributed by atoms with Crippen molar-refractivity contribution in [3.05, 3.63) is 59.4 Å². The quantitative estimate of drug-likeness (QED) is 0.604. The average molecular weight is 477 g/mol. The van der Waals surface area contributed by atoms with Crippen LogP contribution < -0.4 is 15.1 Å². The number of halogens is 1. The van der Waals surface area contributed by atoms with E-state index in [2.05, 4.69) is 20.5 Å². The lowest BCUT2D eigenvalue weighted by Crippen LogP contribution is -2.59. The minimum absolute atomic E-state index is 0.0327. The van der Waals surface area contributed by atoms with Crippen LogP contribution in [0.1, 0.15) is 28.5 Å². The molecule has 180 valence electrons. The molecule has 2 amide bonds. The second-order valence-corrected chi connectivity index (χ2v) is 8.46. The molecule has 3 aromatic rings. The number of nitrogens with zero attached hydrogens (tertiary/aromatic N) is 5. The molecule has 4 heterocycles. The lowest BCUT2D eigenvalue weighted by molar-refractivity contribution is -0.122. The standard InChI is InChI=1S/C25H25FN6O3/c1-3-31-23-21(32-8-9-35-14-22(32)25(31)34)12-20(29-30-23)19-11-17(5-4-15(19)2)28-24(33)16-6-7-27-18(10-16)13-26/h4-7,10-12,22H,3,8-9,13-14H2,1-2H3,(H,28,33)/t22-/m0/s1. The van der Waals surface area contributed by atoms with Gasteiger partial charge in [0.15, 0.2) is 5.82 Å². The van der Waals surface area contributed by atoms with Crippen LogP contribution in [0.25, 0.3) is 11.3 Å². The number of morpholine rings is 1. The van der Waals surface area contributed by atoms with Crippen molar-refractivity contribution in [2.45, 2.75) is 26.6 Å². The number of rotatable bonds is 5. The first-order chi connectivity index (χ1) is 17.0. The predicted molar refractivity (Wildman–Crippen MR) is 129 cm³/mol. The van der Waals surface area contributed by atoms with Crippen molar-refractivity contribution in [2.24, 2.45) is 0 Å². The van der Waals surface area contributed by atoms with Crippen LogP contribution in [0.5, 0.6) is 0 Å². The normalized spacial score (nSPS) is 17.1. The van der Waals surface area contributed by atoms with Crippen molar-refractivity contribution in [2.75, 3.05) is 41.4 Å². The predicted octanol–water partition coefficient (Wildman–Crippen LogP) is 3.14. The number of ether oxygens (including phenoxy) is 1. The Kier molecular flexibility index (Phi) is 6.12. The van der Waals surface area contributed by atoms with Crippen LogP contribution in [0.3, 0.4) is 0 Å². The summed E-state index contributed by atoms with van der Waals surface area (Å²) >= 11 is 0. The maximum absolute atomic E-state index is 12.9. The van der Waals surface area contributed by atoms with Crippen LogP contribution in [0.2, 0.25) is 0 Å². The first kappa shape index (κ1) is 22.9. The number of hydrogen-bond acceptors (Lipinski definition) is 7. The molecule has 0 bridgehead atoms. The van der Waals surface area contributed by atoms with Gasteiger partial charge in [-0.3, -0.25) is 19.5 Å². The number of anilines is 3. The minimum Gasteiger partial charge on any atom is -0.377 e. The molecule has 0 unspecified atom stereocenters. The van der Waals surface area contributed by atoms with Gasteiger partial charge in [-0.15, -0.1) is 10.2 Å². The van der Waals surface area contributed by atoms with Gasteiger partial charge in [0.1, 0.15) is 12.7 Å². The van der Waals surface area contributed by atoms with Crippen LogP contribution in [-0.2, 0) is 16.2 Å². The van der Waals surface area contributed by atoms with Gasteiger partial charge < -0.3 is 15.0 Å². The van der Waals surface area contributed by atoms with Crippen LogP contribution in [0.15, 0.2) is 42.6 Å². The van der Waals surface area contributed by atoms with E-state index in [0.29, 0.717) is 49.1 Å². The summed E-state index contributed by atoms with van der Waals surface area (Å²) in [7, 11) is 0. The summed E-state index contributed by atoms with van der Waals surface area (Å²) < 4.78 is 18.5. The lowest BCUT2D eigenvalue weighted by atomic mass is 10.0. The molecule has 1 aromatic carbocycles. The third-order valence-corrected chi connectivity index (χ3v) is 6.30.